The molecule has 0 heterocycles. The van der Waals surface area contributed by atoms with Crippen LogP contribution in [0.15, 0.2) is 48.5 Å². The lowest BCUT2D eigenvalue weighted by molar-refractivity contribution is 0.600. The van der Waals surface area contributed by atoms with Crippen LogP contribution in [0.5, 0.6) is 0 Å². The van der Waals surface area contributed by atoms with Crippen molar-refractivity contribution in [2.45, 2.75) is 6.92 Å². The second kappa shape index (κ2) is 4.73. The minimum atomic E-state index is -0.612. The second-order valence-electron chi connectivity index (χ2n) is 3.82. The topological polar surface area (TPSA) is 20.2 Å². The van der Waals surface area contributed by atoms with E-state index in [0.717, 1.165) is 16.5 Å². The van der Waals surface area contributed by atoms with Gasteiger partial charge in [-0.25, -0.2) is 0 Å². The predicted molar refractivity (Wildman–Crippen MR) is 69.9 cm³/mol. The monoisotopic (exact) mass is 230 g/mol. The highest BCUT2D eigenvalue weighted by Crippen LogP contribution is 2.11. The van der Waals surface area contributed by atoms with Gasteiger partial charge in [0.15, 0.2) is 0 Å². The molecule has 2 rings (SSSR count). The molecule has 0 bridgehead atoms. The van der Waals surface area contributed by atoms with E-state index in [1.54, 1.807) is 0 Å². The standard InChI is InChI=1S/C13H12BClO/c1-10-7-8-12(9-13(10)15)14(16)11-5-3-2-4-6-11/h2-9,16H,1H3. The van der Waals surface area contributed by atoms with E-state index >= 15 is 0 Å². The fourth-order valence-corrected chi connectivity index (χ4v) is 1.80. The predicted octanol–water partition coefficient (Wildman–Crippen LogP) is 1.75. The maximum atomic E-state index is 10.1. The minimum absolute atomic E-state index is 0.612. The first-order valence-corrected chi connectivity index (χ1v) is 5.55. The third-order valence-corrected chi connectivity index (χ3v) is 3.03. The lowest BCUT2D eigenvalue weighted by Gasteiger charge is -2.08. The van der Waals surface area contributed by atoms with Gasteiger partial charge in [-0.15, -0.1) is 0 Å². The van der Waals surface area contributed by atoms with Gasteiger partial charge in [-0.1, -0.05) is 54.1 Å². The molecule has 3 heteroatoms. The van der Waals surface area contributed by atoms with Crippen LogP contribution in [0.25, 0.3) is 0 Å². The Hall–Kier alpha value is -1.25. The Kier molecular flexibility index (Phi) is 3.32. The molecule has 0 saturated carbocycles. The van der Waals surface area contributed by atoms with Crippen molar-refractivity contribution < 1.29 is 5.02 Å². The molecule has 0 atom stereocenters. The fraction of sp³-hybridized carbons (Fsp3) is 0.0769. The highest BCUT2D eigenvalue weighted by molar-refractivity contribution is 6.79. The van der Waals surface area contributed by atoms with Gasteiger partial charge in [-0.3, -0.25) is 0 Å². The van der Waals surface area contributed by atoms with E-state index in [9.17, 15) is 5.02 Å². The quantitative estimate of drug-likeness (QED) is 0.780. The molecule has 2 aromatic carbocycles. The van der Waals surface area contributed by atoms with Crippen molar-refractivity contribution in [1.29, 1.82) is 0 Å². The molecule has 0 amide bonds. The van der Waals surface area contributed by atoms with Gasteiger partial charge in [-0.05, 0) is 29.5 Å². The summed E-state index contributed by atoms with van der Waals surface area (Å²) >= 11 is 6.03. The summed E-state index contributed by atoms with van der Waals surface area (Å²) in [7, 11) is 0. The molecule has 0 spiro atoms. The molecule has 1 nitrogen and oxygen atoms in total. The van der Waals surface area contributed by atoms with Crippen molar-refractivity contribution in [2.24, 2.45) is 0 Å². The molecular formula is C13H12BClO. The Morgan fingerprint density at radius 1 is 1.00 bits per heavy atom. The van der Waals surface area contributed by atoms with E-state index < -0.39 is 6.92 Å². The first-order valence-electron chi connectivity index (χ1n) is 5.17. The zero-order valence-electron chi connectivity index (χ0n) is 9.02. The zero-order valence-corrected chi connectivity index (χ0v) is 9.78. The first-order chi connectivity index (χ1) is 7.68. The van der Waals surface area contributed by atoms with Gasteiger partial charge >= 0.3 is 6.92 Å². The summed E-state index contributed by atoms with van der Waals surface area (Å²) in [6, 6.07) is 15.2. The van der Waals surface area contributed by atoms with Crippen LogP contribution in [0.2, 0.25) is 5.02 Å². The van der Waals surface area contributed by atoms with Crippen molar-refractivity contribution in [3.63, 3.8) is 0 Å². The largest absolute Gasteiger partial charge is 0.443 e. The van der Waals surface area contributed by atoms with E-state index in [1.807, 2.05) is 55.5 Å². The number of hydrogen-bond donors (Lipinski definition) is 1. The summed E-state index contributed by atoms with van der Waals surface area (Å²) < 4.78 is 0. The Labute approximate surface area is 101 Å². The molecule has 16 heavy (non-hydrogen) atoms. The molecule has 0 aliphatic rings. The minimum Gasteiger partial charge on any atom is -0.443 e. The van der Waals surface area contributed by atoms with E-state index in [1.165, 1.54) is 0 Å². The number of halogens is 1. The van der Waals surface area contributed by atoms with Gasteiger partial charge < -0.3 is 5.02 Å². The maximum absolute atomic E-state index is 10.1. The number of aryl methyl sites for hydroxylation is 1. The molecule has 0 saturated heterocycles. The van der Waals surface area contributed by atoms with Crippen molar-refractivity contribution >= 4 is 29.4 Å². The molecule has 0 unspecified atom stereocenters. The molecule has 0 aliphatic heterocycles. The average molecular weight is 231 g/mol. The molecule has 1 N–H and O–H groups in total. The van der Waals surface area contributed by atoms with Gasteiger partial charge in [-0.2, -0.15) is 0 Å². The lowest BCUT2D eigenvalue weighted by Crippen LogP contribution is -2.42. The summed E-state index contributed by atoms with van der Waals surface area (Å²) in [5.74, 6) is 0. The number of hydrogen-bond acceptors (Lipinski definition) is 1. The summed E-state index contributed by atoms with van der Waals surface area (Å²) in [6.07, 6.45) is 0. The highest BCUT2D eigenvalue weighted by Gasteiger charge is 2.16. The van der Waals surface area contributed by atoms with Gasteiger partial charge in [0.1, 0.15) is 0 Å². The Morgan fingerprint density at radius 2 is 1.69 bits per heavy atom. The summed E-state index contributed by atoms with van der Waals surface area (Å²) in [4.78, 5) is 0. The number of benzene rings is 2. The summed E-state index contributed by atoms with van der Waals surface area (Å²) in [6.45, 7) is 1.33. The number of rotatable bonds is 2. The normalized spacial score (nSPS) is 10.2. The smallest absolute Gasteiger partial charge is 0.359 e. The third-order valence-electron chi connectivity index (χ3n) is 2.63. The molecule has 0 aliphatic carbocycles. The maximum Gasteiger partial charge on any atom is 0.359 e. The zero-order chi connectivity index (χ0) is 11.5. The van der Waals surface area contributed by atoms with Crippen LogP contribution >= 0.6 is 11.6 Å². The van der Waals surface area contributed by atoms with Crippen LogP contribution in [0.1, 0.15) is 5.56 Å². The molecule has 0 aromatic heterocycles. The molecule has 80 valence electrons. The Balaban J connectivity index is 2.34. The van der Waals surface area contributed by atoms with Crippen LogP contribution in [0.4, 0.5) is 0 Å². The van der Waals surface area contributed by atoms with Crippen molar-refractivity contribution in [2.75, 3.05) is 0 Å². The average Bonchev–Trinajstić information content (AvgIpc) is 2.33. The lowest BCUT2D eigenvalue weighted by atomic mass is 9.56. The molecule has 0 fully saturated rings. The van der Waals surface area contributed by atoms with Crippen LogP contribution in [-0.2, 0) is 0 Å². The van der Waals surface area contributed by atoms with Gasteiger partial charge in [0.05, 0.1) is 0 Å². The van der Waals surface area contributed by atoms with E-state index in [4.69, 9.17) is 11.6 Å². The van der Waals surface area contributed by atoms with Gasteiger partial charge in [0.2, 0.25) is 0 Å². The SMILES string of the molecule is Cc1ccc(B(O)c2ccccc2)cc1Cl. The van der Waals surface area contributed by atoms with Crippen LogP contribution < -0.4 is 10.9 Å². The van der Waals surface area contributed by atoms with Crippen molar-refractivity contribution in [3.8, 4) is 0 Å². The Morgan fingerprint density at radius 3 is 2.31 bits per heavy atom. The molecule has 0 radical (unpaired) electrons. The summed E-state index contributed by atoms with van der Waals surface area (Å²) in [5, 5.41) is 10.8. The van der Waals surface area contributed by atoms with Crippen LogP contribution in [0, 0.1) is 6.92 Å². The third kappa shape index (κ3) is 2.29. The highest BCUT2D eigenvalue weighted by atomic mass is 35.5. The van der Waals surface area contributed by atoms with Crippen molar-refractivity contribution in [1.82, 2.24) is 0 Å². The van der Waals surface area contributed by atoms with Crippen LogP contribution in [0.3, 0.4) is 0 Å². The van der Waals surface area contributed by atoms with E-state index in [0.29, 0.717) is 5.02 Å². The van der Waals surface area contributed by atoms with Gasteiger partial charge in [0.25, 0.3) is 0 Å². The first kappa shape index (κ1) is 11.2. The van der Waals surface area contributed by atoms with Crippen molar-refractivity contribution in [3.05, 3.63) is 59.1 Å². The second-order valence-corrected chi connectivity index (χ2v) is 4.23. The van der Waals surface area contributed by atoms with Crippen LogP contribution in [-0.4, -0.2) is 11.9 Å². The van der Waals surface area contributed by atoms with Gasteiger partial charge in [0, 0.05) is 5.02 Å². The molecular weight excluding hydrogens is 218 g/mol. The van der Waals surface area contributed by atoms with E-state index in [-0.39, 0.29) is 0 Å². The van der Waals surface area contributed by atoms with E-state index in [2.05, 4.69) is 0 Å². The Bertz CT molecular complexity index is 485. The fourth-order valence-electron chi connectivity index (χ4n) is 1.61. The molecule has 2 aromatic rings. The summed E-state index contributed by atoms with van der Waals surface area (Å²) in [5.41, 5.74) is 2.72.